The van der Waals surface area contributed by atoms with E-state index in [1.165, 1.54) is 12.8 Å². The molecular weight excluding hydrogens is 157 g/mol. The Kier molecular flexibility index (Phi) is 6.06. The fraction of sp³-hybridized carbons (Fsp3) is 1.00. The second kappa shape index (κ2) is 5.68. The molecule has 0 aliphatic carbocycles. The van der Waals surface area contributed by atoms with Crippen molar-refractivity contribution < 1.29 is 0 Å². The van der Waals surface area contributed by atoms with Crippen LogP contribution in [0.2, 0.25) is 10.0 Å². The fourth-order valence-corrected chi connectivity index (χ4v) is 4.17. The van der Waals surface area contributed by atoms with Crippen LogP contribution in [-0.4, -0.2) is 15.4 Å². The van der Waals surface area contributed by atoms with Gasteiger partial charge < -0.3 is 0 Å². The Balaban J connectivity index is 2.72. The normalized spacial score (nSPS) is 12.0. The van der Waals surface area contributed by atoms with Crippen LogP contribution in [-0.2, 0) is 0 Å². The maximum absolute atomic E-state index is 2.37. The van der Waals surface area contributed by atoms with Crippen molar-refractivity contribution in [1.82, 2.24) is 0 Å². The van der Waals surface area contributed by atoms with Gasteiger partial charge >= 0.3 is 59.0 Å². The summed E-state index contributed by atoms with van der Waals surface area (Å²) in [5.41, 5.74) is 0. The van der Waals surface area contributed by atoms with E-state index < -0.39 is 0 Å². The van der Waals surface area contributed by atoms with Crippen molar-refractivity contribution in [2.24, 2.45) is 0 Å². The molecule has 0 aromatic carbocycles. The summed E-state index contributed by atoms with van der Waals surface area (Å²) < 4.78 is 1.09. The first-order valence-electron chi connectivity index (χ1n) is 3.77. The van der Waals surface area contributed by atoms with E-state index in [1.54, 1.807) is 5.25 Å². The molecule has 0 aliphatic heterocycles. The average molecular weight is 175 g/mol. The molecule has 8 heavy (non-hydrogen) atoms. The zero-order valence-corrected chi connectivity index (χ0v) is 9.37. The summed E-state index contributed by atoms with van der Waals surface area (Å²) in [6, 6.07) is 0. The van der Waals surface area contributed by atoms with Crippen LogP contribution in [0.4, 0.5) is 0 Å². The standard InChI is InChI=1S/C7H18Ge/c1-4-5-6-8-7(2)3/h7H,4-6,8H2,1-3H3. The number of hydrogen-bond donors (Lipinski definition) is 0. The Bertz CT molecular complexity index is 41.7. The molecule has 0 heterocycles. The van der Waals surface area contributed by atoms with E-state index in [-0.39, 0.29) is 15.4 Å². The average Bonchev–Trinajstić information content (AvgIpc) is 1.66. The minimum atomic E-state index is -0.0413. The van der Waals surface area contributed by atoms with Gasteiger partial charge in [-0.15, -0.1) is 0 Å². The quantitative estimate of drug-likeness (QED) is 0.453. The van der Waals surface area contributed by atoms with Crippen molar-refractivity contribution in [2.45, 2.75) is 43.6 Å². The third-order valence-electron chi connectivity index (χ3n) is 1.39. The molecule has 0 N–H and O–H groups in total. The molecule has 0 nitrogen and oxygen atoms in total. The van der Waals surface area contributed by atoms with Gasteiger partial charge in [0.05, 0.1) is 0 Å². The van der Waals surface area contributed by atoms with Gasteiger partial charge in [-0.05, 0) is 0 Å². The van der Waals surface area contributed by atoms with E-state index in [4.69, 9.17) is 0 Å². The number of hydrogen-bond acceptors (Lipinski definition) is 0. The van der Waals surface area contributed by atoms with Crippen LogP contribution < -0.4 is 0 Å². The van der Waals surface area contributed by atoms with Gasteiger partial charge in [-0.3, -0.25) is 0 Å². The van der Waals surface area contributed by atoms with Crippen molar-refractivity contribution in [3.8, 4) is 0 Å². The van der Waals surface area contributed by atoms with Crippen LogP contribution in [0, 0.1) is 0 Å². The van der Waals surface area contributed by atoms with Crippen LogP contribution in [0.1, 0.15) is 33.6 Å². The summed E-state index contributed by atoms with van der Waals surface area (Å²) in [6.07, 6.45) is 2.90. The Morgan fingerprint density at radius 3 is 2.38 bits per heavy atom. The van der Waals surface area contributed by atoms with Gasteiger partial charge in [0, 0.05) is 0 Å². The van der Waals surface area contributed by atoms with Crippen molar-refractivity contribution in [3.63, 3.8) is 0 Å². The van der Waals surface area contributed by atoms with Gasteiger partial charge in [0.2, 0.25) is 0 Å². The van der Waals surface area contributed by atoms with Crippen molar-refractivity contribution in [2.75, 3.05) is 0 Å². The predicted molar refractivity (Wildman–Crippen MR) is 43.4 cm³/mol. The van der Waals surface area contributed by atoms with E-state index in [0.717, 1.165) is 4.75 Å². The second-order valence-corrected chi connectivity index (χ2v) is 9.01. The predicted octanol–water partition coefficient (Wildman–Crippen LogP) is 2.20. The SMILES string of the molecule is CCC[CH2][GeH2][CH](C)C. The fourth-order valence-electron chi connectivity index (χ4n) is 0.803. The summed E-state index contributed by atoms with van der Waals surface area (Å²) in [5, 5.41) is 1.61. The van der Waals surface area contributed by atoms with Crippen molar-refractivity contribution in [1.29, 1.82) is 0 Å². The Labute approximate surface area is 59.5 Å². The van der Waals surface area contributed by atoms with Gasteiger partial charge in [-0.1, -0.05) is 0 Å². The van der Waals surface area contributed by atoms with Gasteiger partial charge in [0.25, 0.3) is 0 Å². The molecule has 50 valence electrons. The maximum atomic E-state index is 2.37. The van der Waals surface area contributed by atoms with Crippen LogP contribution >= 0.6 is 0 Å². The van der Waals surface area contributed by atoms with Crippen LogP contribution in [0.25, 0.3) is 0 Å². The molecule has 1 heteroatoms. The third-order valence-corrected chi connectivity index (χ3v) is 5.71. The number of rotatable bonds is 4. The Morgan fingerprint density at radius 1 is 1.38 bits per heavy atom. The van der Waals surface area contributed by atoms with E-state index >= 15 is 0 Å². The van der Waals surface area contributed by atoms with Gasteiger partial charge in [0.15, 0.2) is 0 Å². The molecule has 0 saturated heterocycles. The van der Waals surface area contributed by atoms with Gasteiger partial charge in [-0.2, -0.15) is 0 Å². The van der Waals surface area contributed by atoms with E-state index in [0.29, 0.717) is 0 Å². The molecule has 0 amide bonds. The molecule has 0 bridgehead atoms. The third kappa shape index (κ3) is 6.54. The summed E-state index contributed by atoms with van der Waals surface area (Å²) in [5.74, 6) is 0. The first kappa shape index (κ1) is 8.54. The van der Waals surface area contributed by atoms with Crippen molar-refractivity contribution >= 4 is 15.4 Å². The molecule has 0 aliphatic rings. The second-order valence-electron chi connectivity index (χ2n) is 2.89. The molecule has 0 aromatic rings. The van der Waals surface area contributed by atoms with Gasteiger partial charge in [-0.25, -0.2) is 0 Å². The van der Waals surface area contributed by atoms with E-state index in [9.17, 15) is 0 Å². The number of unbranched alkanes of at least 4 members (excludes halogenated alkanes) is 1. The topological polar surface area (TPSA) is 0 Å². The van der Waals surface area contributed by atoms with Crippen LogP contribution in [0.15, 0.2) is 0 Å². The first-order chi connectivity index (χ1) is 3.77. The van der Waals surface area contributed by atoms with Crippen molar-refractivity contribution in [3.05, 3.63) is 0 Å². The molecule has 0 fully saturated rings. The zero-order chi connectivity index (χ0) is 6.41. The first-order valence-corrected chi connectivity index (χ1v) is 7.58. The molecule has 0 unspecified atom stereocenters. The van der Waals surface area contributed by atoms with Crippen LogP contribution in [0.3, 0.4) is 0 Å². The molecule has 0 atom stereocenters. The van der Waals surface area contributed by atoms with Crippen LogP contribution in [0.5, 0.6) is 0 Å². The summed E-state index contributed by atoms with van der Waals surface area (Å²) in [6.45, 7) is 7.02. The Morgan fingerprint density at radius 2 is 2.00 bits per heavy atom. The summed E-state index contributed by atoms with van der Waals surface area (Å²) in [7, 11) is 0. The Hall–Kier alpha value is 0.543. The molecule has 0 saturated carbocycles. The zero-order valence-electron chi connectivity index (χ0n) is 6.41. The van der Waals surface area contributed by atoms with Gasteiger partial charge in [0.1, 0.15) is 0 Å². The van der Waals surface area contributed by atoms with E-state index in [2.05, 4.69) is 20.8 Å². The molecule has 0 spiro atoms. The van der Waals surface area contributed by atoms with E-state index in [1.807, 2.05) is 0 Å². The molecule has 0 radical (unpaired) electrons. The molecular formula is C7H18Ge. The summed E-state index contributed by atoms with van der Waals surface area (Å²) in [4.78, 5) is 0. The minimum absolute atomic E-state index is 0.0413. The molecule has 0 rings (SSSR count). The summed E-state index contributed by atoms with van der Waals surface area (Å²) >= 11 is -0.0413. The molecule has 0 aromatic heterocycles. The monoisotopic (exact) mass is 176 g/mol.